The van der Waals surface area contributed by atoms with E-state index in [4.69, 9.17) is 4.42 Å². The van der Waals surface area contributed by atoms with E-state index in [1.165, 1.54) is 0 Å². The molecule has 0 amide bonds. The molecule has 18 heavy (non-hydrogen) atoms. The van der Waals surface area contributed by atoms with Crippen molar-refractivity contribution in [3.63, 3.8) is 0 Å². The number of hydrogen-bond donors (Lipinski definition) is 1. The molecule has 4 heteroatoms. The zero-order valence-electron chi connectivity index (χ0n) is 10.4. The van der Waals surface area contributed by atoms with Crippen LogP contribution in [0.25, 0.3) is 0 Å². The van der Waals surface area contributed by atoms with Gasteiger partial charge in [-0.25, -0.2) is 0 Å². The highest BCUT2D eigenvalue weighted by Crippen LogP contribution is 2.29. The molecule has 1 N–H and O–H groups in total. The first-order valence-corrected chi connectivity index (χ1v) is 6.58. The molecule has 96 valence electrons. The maximum Gasteiger partial charge on any atom is 0.123 e. The molecule has 1 aromatic carbocycles. The smallest absolute Gasteiger partial charge is 0.123 e. The molecule has 0 aliphatic heterocycles. The second-order valence-corrected chi connectivity index (χ2v) is 5.18. The fourth-order valence-corrected chi connectivity index (χ4v) is 2.51. The Bertz CT molecular complexity index is 509. The van der Waals surface area contributed by atoms with Crippen LogP contribution in [0.2, 0.25) is 0 Å². The zero-order valence-corrected chi connectivity index (χ0v) is 12.0. The minimum atomic E-state index is -0.453. The van der Waals surface area contributed by atoms with Gasteiger partial charge >= 0.3 is 0 Å². The summed E-state index contributed by atoms with van der Waals surface area (Å²) in [4.78, 5) is 2.09. The molecule has 1 aromatic heterocycles. The van der Waals surface area contributed by atoms with E-state index >= 15 is 0 Å². The Balaban J connectivity index is 2.17. The number of benzene rings is 1. The Kier molecular flexibility index (Phi) is 4.09. The molecule has 0 fully saturated rings. The highest BCUT2D eigenvalue weighted by molar-refractivity contribution is 9.10. The summed E-state index contributed by atoms with van der Waals surface area (Å²) >= 11 is 3.54. The van der Waals surface area contributed by atoms with Crippen molar-refractivity contribution in [2.75, 3.05) is 11.9 Å². The van der Waals surface area contributed by atoms with E-state index in [2.05, 4.69) is 20.8 Å². The number of aliphatic hydroxyl groups excluding tert-OH is 1. The van der Waals surface area contributed by atoms with Crippen molar-refractivity contribution in [3.05, 3.63) is 52.4 Å². The lowest BCUT2D eigenvalue weighted by molar-refractivity contribution is 0.199. The lowest BCUT2D eigenvalue weighted by Crippen LogP contribution is -2.16. The Morgan fingerprint density at radius 3 is 2.72 bits per heavy atom. The molecule has 0 aliphatic carbocycles. The third kappa shape index (κ3) is 2.94. The van der Waals surface area contributed by atoms with Crippen LogP contribution in [0.4, 0.5) is 5.69 Å². The Hall–Kier alpha value is -1.26. The number of rotatable bonds is 4. The predicted molar refractivity (Wildman–Crippen MR) is 75.6 cm³/mol. The van der Waals surface area contributed by atoms with Gasteiger partial charge in [-0.2, -0.15) is 0 Å². The van der Waals surface area contributed by atoms with Gasteiger partial charge in [-0.05, 0) is 52.7 Å². The van der Waals surface area contributed by atoms with Crippen LogP contribution in [0.1, 0.15) is 24.4 Å². The average molecular weight is 310 g/mol. The fourth-order valence-electron chi connectivity index (χ4n) is 1.81. The van der Waals surface area contributed by atoms with Gasteiger partial charge in [-0.1, -0.05) is 6.07 Å². The van der Waals surface area contributed by atoms with Crippen molar-refractivity contribution < 1.29 is 9.52 Å². The monoisotopic (exact) mass is 309 g/mol. The van der Waals surface area contributed by atoms with Crippen molar-refractivity contribution in [3.8, 4) is 0 Å². The topological polar surface area (TPSA) is 36.6 Å². The van der Waals surface area contributed by atoms with Gasteiger partial charge in [0.1, 0.15) is 5.76 Å². The van der Waals surface area contributed by atoms with Gasteiger partial charge in [0, 0.05) is 11.5 Å². The molecule has 0 radical (unpaired) electrons. The molecular weight excluding hydrogens is 294 g/mol. The molecule has 2 aromatic rings. The van der Waals surface area contributed by atoms with Crippen molar-refractivity contribution in [1.29, 1.82) is 0 Å². The second kappa shape index (κ2) is 5.59. The van der Waals surface area contributed by atoms with E-state index in [1.807, 2.05) is 37.4 Å². The molecule has 3 nitrogen and oxygen atoms in total. The van der Waals surface area contributed by atoms with Gasteiger partial charge in [-0.15, -0.1) is 0 Å². The molecular formula is C14H16BrNO2. The number of furan rings is 1. The third-order valence-corrected chi connectivity index (χ3v) is 3.47. The Labute approximate surface area is 115 Å². The maximum absolute atomic E-state index is 9.54. The van der Waals surface area contributed by atoms with Crippen LogP contribution in [0.5, 0.6) is 0 Å². The summed E-state index contributed by atoms with van der Waals surface area (Å²) < 4.78 is 6.30. The van der Waals surface area contributed by atoms with E-state index < -0.39 is 6.10 Å². The minimum Gasteiger partial charge on any atom is -0.467 e. The summed E-state index contributed by atoms with van der Waals surface area (Å²) in [6.07, 6.45) is 1.22. The summed E-state index contributed by atoms with van der Waals surface area (Å²) in [6, 6.07) is 9.71. The molecule has 0 saturated heterocycles. The highest BCUT2D eigenvalue weighted by Gasteiger charge is 2.10. The van der Waals surface area contributed by atoms with Crippen molar-refractivity contribution >= 4 is 21.6 Å². The third-order valence-electron chi connectivity index (χ3n) is 2.84. The number of anilines is 1. The largest absolute Gasteiger partial charge is 0.467 e. The first-order chi connectivity index (χ1) is 8.58. The van der Waals surface area contributed by atoms with Gasteiger partial charge in [-0.3, -0.25) is 0 Å². The molecule has 1 atom stereocenters. The van der Waals surface area contributed by atoms with E-state index in [0.29, 0.717) is 6.54 Å². The van der Waals surface area contributed by atoms with E-state index in [9.17, 15) is 5.11 Å². The fraction of sp³-hybridized carbons (Fsp3) is 0.286. The number of hydrogen-bond acceptors (Lipinski definition) is 3. The number of halogens is 1. The molecule has 0 unspecified atom stereocenters. The molecule has 0 aliphatic rings. The van der Waals surface area contributed by atoms with Crippen LogP contribution in [0, 0.1) is 0 Å². The van der Waals surface area contributed by atoms with Crippen LogP contribution >= 0.6 is 15.9 Å². The molecule has 2 rings (SSSR count). The average Bonchev–Trinajstić information content (AvgIpc) is 2.81. The van der Waals surface area contributed by atoms with Crippen LogP contribution < -0.4 is 4.90 Å². The van der Waals surface area contributed by atoms with Crippen molar-refractivity contribution in [2.24, 2.45) is 0 Å². The number of nitrogens with zero attached hydrogens (tertiary/aromatic N) is 1. The highest BCUT2D eigenvalue weighted by atomic mass is 79.9. The van der Waals surface area contributed by atoms with Crippen LogP contribution in [0.15, 0.2) is 45.5 Å². The maximum atomic E-state index is 9.54. The predicted octanol–water partition coefficient (Wildman–Crippen LogP) is 3.73. The summed E-state index contributed by atoms with van der Waals surface area (Å²) in [5, 5.41) is 9.54. The number of aliphatic hydroxyl groups is 1. The molecule has 0 saturated carbocycles. The first kappa shape index (κ1) is 13.2. The van der Waals surface area contributed by atoms with Gasteiger partial charge in [0.05, 0.1) is 24.6 Å². The van der Waals surface area contributed by atoms with Crippen molar-refractivity contribution in [2.45, 2.75) is 19.6 Å². The minimum absolute atomic E-state index is 0.453. The van der Waals surface area contributed by atoms with Gasteiger partial charge in [0.2, 0.25) is 0 Å². The van der Waals surface area contributed by atoms with E-state index in [0.717, 1.165) is 21.5 Å². The Morgan fingerprint density at radius 2 is 2.17 bits per heavy atom. The Morgan fingerprint density at radius 1 is 1.39 bits per heavy atom. The van der Waals surface area contributed by atoms with Gasteiger partial charge < -0.3 is 14.4 Å². The molecule has 1 heterocycles. The van der Waals surface area contributed by atoms with Gasteiger partial charge in [0.15, 0.2) is 0 Å². The lowest BCUT2D eigenvalue weighted by Gasteiger charge is -2.20. The van der Waals surface area contributed by atoms with E-state index in [1.54, 1.807) is 13.2 Å². The standard InChI is InChI=1S/C14H16BrNO2/c1-10(17)11-5-6-14(13(15)8-11)16(2)9-12-4-3-7-18-12/h3-8,10,17H,9H2,1-2H3/t10-/m1/s1. The lowest BCUT2D eigenvalue weighted by atomic mass is 10.1. The summed E-state index contributed by atoms with van der Waals surface area (Å²) in [6.45, 7) is 2.47. The van der Waals surface area contributed by atoms with Crippen molar-refractivity contribution in [1.82, 2.24) is 0 Å². The molecule has 0 bridgehead atoms. The molecule has 0 spiro atoms. The summed E-state index contributed by atoms with van der Waals surface area (Å²) in [7, 11) is 2.00. The van der Waals surface area contributed by atoms with Crippen LogP contribution in [0.3, 0.4) is 0 Å². The summed E-state index contributed by atoms with van der Waals surface area (Å²) in [5.74, 6) is 0.920. The van der Waals surface area contributed by atoms with Crippen LogP contribution in [-0.4, -0.2) is 12.2 Å². The SMILES string of the molecule is C[C@@H](O)c1ccc(N(C)Cc2ccco2)c(Br)c1. The van der Waals surface area contributed by atoms with Gasteiger partial charge in [0.25, 0.3) is 0 Å². The zero-order chi connectivity index (χ0) is 13.1. The van der Waals surface area contributed by atoms with E-state index in [-0.39, 0.29) is 0 Å². The van der Waals surface area contributed by atoms with Crippen LogP contribution in [-0.2, 0) is 6.54 Å². The quantitative estimate of drug-likeness (QED) is 0.935. The normalized spacial score (nSPS) is 12.4. The first-order valence-electron chi connectivity index (χ1n) is 5.79. The second-order valence-electron chi connectivity index (χ2n) is 4.32. The summed E-state index contributed by atoms with van der Waals surface area (Å²) in [5.41, 5.74) is 1.97.